The van der Waals surface area contributed by atoms with Gasteiger partial charge in [0.2, 0.25) is 0 Å². The molecule has 0 heterocycles. The Morgan fingerprint density at radius 2 is 1.70 bits per heavy atom. The van der Waals surface area contributed by atoms with Crippen LogP contribution in [-0.2, 0) is 0 Å². The summed E-state index contributed by atoms with van der Waals surface area (Å²) in [6.07, 6.45) is 2.43. The molecule has 0 radical (unpaired) electrons. The second-order valence-corrected chi connectivity index (χ2v) is 6.39. The Morgan fingerprint density at radius 1 is 1.15 bits per heavy atom. The van der Waals surface area contributed by atoms with Gasteiger partial charge < -0.3 is 15.5 Å². The van der Waals surface area contributed by atoms with Gasteiger partial charge in [-0.1, -0.05) is 40.5 Å². The second-order valence-electron chi connectivity index (χ2n) is 6.39. The van der Waals surface area contributed by atoms with Crippen molar-refractivity contribution in [3.05, 3.63) is 0 Å². The standard InChI is InChI=1S/C15H34N4.HI/c1-8-13(9-2)10-17-14(16-5)18-11-15(3,4)12-19(6)7;/h13H,8-12H2,1-7H3,(H2,16,17,18);1H. The zero-order valence-electron chi connectivity index (χ0n) is 14.4. The van der Waals surface area contributed by atoms with Crippen LogP contribution in [0.25, 0.3) is 0 Å². The Labute approximate surface area is 143 Å². The smallest absolute Gasteiger partial charge is 0.191 e. The number of nitrogens with zero attached hydrogens (tertiary/aromatic N) is 2. The summed E-state index contributed by atoms with van der Waals surface area (Å²) in [6.45, 7) is 12.0. The molecule has 0 atom stereocenters. The first-order chi connectivity index (χ1) is 8.84. The van der Waals surface area contributed by atoms with Crippen molar-refractivity contribution < 1.29 is 0 Å². The number of halogens is 1. The maximum atomic E-state index is 4.29. The number of hydrogen-bond acceptors (Lipinski definition) is 2. The lowest BCUT2D eigenvalue weighted by molar-refractivity contribution is 0.241. The molecule has 0 unspecified atom stereocenters. The first-order valence-corrected chi connectivity index (χ1v) is 7.43. The lowest BCUT2D eigenvalue weighted by atomic mass is 9.93. The van der Waals surface area contributed by atoms with Gasteiger partial charge in [0, 0.05) is 26.7 Å². The van der Waals surface area contributed by atoms with Crippen LogP contribution in [0.4, 0.5) is 0 Å². The fourth-order valence-electron chi connectivity index (χ4n) is 2.27. The Balaban J connectivity index is 0. The molecule has 5 heteroatoms. The van der Waals surface area contributed by atoms with Gasteiger partial charge in [-0.3, -0.25) is 4.99 Å². The van der Waals surface area contributed by atoms with Crippen LogP contribution >= 0.6 is 24.0 Å². The Morgan fingerprint density at radius 3 is 2.10 bits per heavy atom. The molecule has 0 bridgehead atoms. The van der Waals surface area contributed by atoms with Crippen LogP contribution < -0.4 is 10.6 Å². The Kier molecular flexibility index (Phi) is 12.9. The highest BCUT2D eigenvalue weighted by Crippen LogP contribution is 2.14. The highest BCUT2D eigenvalue weighted by atomic mass is 127. The second kappa shape index (κ2) is 11.6. The minimum absolute atomic E-state index is 0. The summed E-state index contributed by atoms with van der Waals surface area (Å²) >= 11 is 0. The third kappa shape index (κ3) is 10.7. The molecule has 0 aliphatic carbocycles. The molecule has 20 heavy (non-hydrogen) atoms. The van der Waals surface area contributed by atoms with E-state index in [0.29, 0.717) is 0 Å². The minimum Gasteiger partial charge on any atom is -0.356 e. The van der Waals surface area contributed by atoms with E-state index >= 15 is 0 Å². The summed E-state index contributed by atoms with van der Waals surface area (Å²) in [4.78, 5) is 6.52. The third-order valence-electron chi connectivity index (χ3n) is 3.42. The normalized spacial score (nSPS) is 12.6. The van der Waals surface area contributed by atoms with Crippen LogP contribution in [0, 0.1) is 11.3 Å². The first kappa shape index (κ1) is 22.2. The number of hydrogen-bond donors (Lipinski definition) is 2. The molecule has 0 rings (SSSR count). The fraction of sp³-hybridized carbons (Fsp3) is 0.933. The van der Waals surface area contributed by atoms with Gasteiger partial charge >= 0.3 is 0 Å². The molecule has 0 saturated carbocycles. The molecule has 122 valence electrons. The summed E-state index contributed by atoms with van der Waals surface area (Å²) in [5, 5.41) is 6.85. The summed E-state index contributed by atoms with van der Waals surface area (Å²) in [5.41, 5.74) is 0.232. The van der Waals surface area contributed by atoms with Gasteiger partial charge in [-0.25, -0.2) is 0 Å². The molecule has 0 aromatic carbocycles. The van der Waals surface area contributed by atoms with Crippen LogP contribution in [0.2, 0.25) is 0 Å². The number of nitrogens with one attached hydrogen (secondary N) is 2. The Bertz CT molecular complexity index is 261. The molecule has 0 aromatic heterocycles. The van der Waals surface area contributed by atoms with Gasteiger partial charge in [0.15, 0.2) is 5.96 Å². The summed E-state index contributed by atoms with van der Waals surface area (Å²) < 4.78 is 0. The van der Waals surface area contributed by atoms with Gasteiger partial charge in [0.1, 0.15) is 0 Å². The number of rotatable bonds is 8. The summed E-state index contributed by atoms with van der Waals surface area (Å²) in [5.74, 6) is 1.65. The van der Waals surface area contributed by atoms with E-state index in [4.69, 9.17) is 0 Å². The van der Waals surface area contributed by atoms with Crippen molar-refractivity contribution in [2.75, 3.05) is 40.8 Å². The van der Waals surface area contributed by atoms with Crippen molar-refractivity contribution in [2.24, 2.45) is 16.3 Å². The van der Waals surface area contributed by atoms with Crippen molar-refractivity contribution in [1.29, 1.82) is 0 Å². The van der Waals surface area contributed by atoms with Crippen molar-refractivity contribution in [1.82, 2.24) is 15.5 Å². The molecule has 2 N–H and O–H groups in total. The monoisotopic (exact) mass is 398 g/mol. The lowest BCUT2D eigenvalue weighted by Crippen LogP contribution is -2.45. The predicted octanol–water partition coefficient (Wildman–Crippen LogP) is 2.79. The van der Waals surface area contributed by atoms with Crippen LogP contribution in [0.15, 0.2) is 4.99 Å². The predicted molar refractivity (Wildman–Crippen MR) is 101 cm³/mol. The van der Waals surface area contributed by atoms with Gasteiger partial charge in [-0.2, -0.15) is 0 Å². The zero-order valence-corrected chi connectivity index (χ0v) is 16.7. The van der Waals surface area contributed by atoms with Crippen LogP contribution in [-0.4, -0.2) is 51.6 Å². The quantitative estimate of drug-likeness (QED) is 0.375. The van der Waals surface area contributed by atoms with E-state index in [1.165, 1.54) is 12.8 Å². The molecule has 4 nitrogen and oxygen atoms in total. The third-order valence-corrected chi connectivity index (χ3v) is 3.42. The number of guanidine groups is 1. The SMILES string of the molecule is CCC(CC)CNC(=NC)NCC(C)(C)CN(C)C.I. The highest BCUT2D eigenvalue weighted by Gasteiger charge is 2.19. The van der Waals surface area contributed by atoms with Crippen LogP contribution in [0.3, 0.4) is 0 Å². The van der Waals surface area contributed by atoms with Crippen molar-refractivity contribution in [3.8, 4) is 0 Å². The Hall–Kier alpha value is -0.0400. The van der Waals surface area contributed by atoms with Gasteiger partial charge in [0.25, 0.3) is 0 Å². The van der Waals surface area contributed by atoms with Crippen LogP contribution in [0.5, 0.6) is 0 Å². The van der Waals surface area contributed by atoms with Crippen LogP contribution in [0.1, 0.15) is 40.5 Å². The summed E-state index contributed by atoms with van der Waals surface area (Å²) in [6, 6.07) is 0. The van der Waals surface area contributed by atoms with E-state index < -0.39 is 0 Å². The molecular formula is C15H35IN4. The van der Waals surface area contributed by atoms with Crippen molar-refractivity contribution in [3.63, 3.8) is 0 Å². The van der Waals surface area contributed by atoms with E-state index in [0.717, 1.165) is 31.5 Å². The van der Waals surface area contributed by atoms with Gasteiger partial charge in [0.05, 0.1) is 0 Å². The van der Waals surface area contributed by atoms with Gasteiger partial charge in [-0.05, 0) is 25.4 Å². The van der Waals surface area contributed by atoms with E-state index in [1.54, 1.807) is 0 Å². The fourth-order valence-corrected chi connectivity index (χ4v) is 2.27. The highest BCUT2D eigenvalue weighted by molar-refractivity contribution is 14.0. The minimum atomic E-state index is 0. The molecule has 0 amide bonds. The molecule has 0 fully saturated rings. The zero-order chi connectivity index (χ0) is 14.9. The first-order valence-electron chi connectivity index (χ1n) is 7.43. The molecule has 0 aliphatic rings. The molecule has 0 aliphatic heterocycles. The maximum Gasteiger partial charge on any atom is 0.191 e. The topological polar surface area (TPSA) is 39.7 Å². The lowest BCUT2D eigenvalue weighted by Gasteiger charge is -2.29. The van der Waals surface area contributed by atoms with E-state index in [9.17, 15) is 0 Å². The van der Waals surface area contributed by atoms with E-state index in [2.05, 4.69) is 62.3 Å². The molecule has 0 saturated heterocycles. The maximum absolute atomic E-state index is 4.29. The van der Waals surface area contributed by atoms with Crippen molar-refractivity contribution in [2.45, 2.75) is 40.5 Å². The van der Waals surface area contributed by atoms with Gasteiger partial charge in [-0.15, -0.1) is 24.0 Å². The largest absolute Gasteiger partial charge is 0.356 e. The van der Waals surface area contributed by atoms with E-state index in [1.807, 2.05) is 7.05 Å². The average Bonchev–Trinajstić information content (AvgIpc) is 2.32. The van der Waals surface area contributed by atoms with Crippen molar-refractivity contribution >= 4 is 29.9 Å². The molecular weight excluding hydrogens is 363 g/mol. The summed E-state index contributed by atoms with van der Waals surface area (Å²) in [7, 11) is 6.06. The van der Waals surface area contributed by atoms with E-state index in [-0.39, 0.29) is 29.4 Å². The average molecular weight is 398 g/mol. The molecule has 0 aromatic rings. The number of aliphatic imine (C=N–C) groups is 1. The molecule has 0 spiro atoms.